The molecule has 17 heteroatoms. The van der Waals surface area contributed by atoms with E-state index in [9.17, 15) is 14.4 Å². The van der Waals surface area contributed by atoms with E-state index in [-0.39, 0.29) is 29.4 Å². The average molecular weight is 733 g/mol. The van der Waals surface area contributed by atoms with Crippen LogP contribution in [0.25, 0.3) is 23.0 Å². The van der Waals surface area contributed by atoms with Gasteiger partial charge < -0.3 is 29.4 Å². The monoisotopic (exact) mass is 731 g/mol. The van der Waals surface area contributed by atoms with Gasteiger partial charge in [-0.25, -0.2) is 9.78 Å². The zero-order valence-electron chi connectivity index (χ0n) is 27.2. The van der Waals surface area contributed by atoms with Crippen LogP contribution in [0.5, 0.6) is 11.5 Å². The number of benzene rings is 3. The molecule has 3 amide bonds. The van der Waals surface area contributed by atoms with Crippen LogP contribution in [0.3, 0.4) is 0 Å². The first-order valence-electron chi connectivity index (χ1n) is 15.5. The third-order valence-electron chi connectivity index (χ3n) is 7.86. The van der Waals surface area contributed by atoms with Gasteiger partial charge in [0.05, 0.1) is 45.5 Å². The number of imidazole rings is 1. The van der Waals surface area contributed by atoms with Crippen LogP contribution < -0.4 is 20.1 Å². The number of ether oxygens (including phenoxy) is 3. The molecule has 0 radical (unpaired) electrons. The zero-order valence-corrected chi connectivity index (χ0v) is 28.8. The highest BCUT2D eigenvalue weighted by molar-refractivity contribution is 6.32. The van der Waals surface area contributed by atoms with Gasteiger partial charge >= 0.3 is 6.09 Å². The Hall–Kier alpha value is -5.93. The Morgan fingerprint density at radius 2 is 1.76 bits per heavy atom. The molecule has 3 heterocycles. The van der Waals surface area contributed by atoms with Gasteiger partial charge in [-0.3, -0.25) is 14.9 Å². The Morgan fingerprint density at radius 1 is 1.02 bits per heavy atom. The average Bonchev–Trinajstić information content (AvgIpc) is 3.79. The highest BCUT2D eigenvalue weighted by Crippen LogP contribution is 2.30. The molecule has 5 aromatic rings. The maximum Gasteiger partial charge on any atom is 0.411 e. The minimum Gasteiger partial charge on any atom is -0.497 e. The Balaban J connectivity index is 1.19. The molecule has 2 aromatic heterocycles. The summed E-state index contributed by atoms with van der Waals surface area (Å²) in [6, 6.07) is 18.2. The highest BCUT2D eigenvalue weighted by atomic mass is 35.5. The third kappa shape index (κ3) is 8.63. The van der Waals surface area contributed by atoms with E-state index in [0.717, 1.165) is 0 Å². The first kappa shape index (κ1) is 34.9. The predicted molar refractivity (Wildman–Crippen MR) is 188 cm³/mol. The molecule has 3 aromatic carbocycles. The lowest BCUT2D eigenvalue weighted by Gasteiger charge is -2.39. The molecule has 1 saturated heterocycles. The molecule has 0 spiro atoms. The fraction of sp³-hybridized carbons (Fsp3) is 0.206. The number of tetrazole rings is 1. The van der Waals surface area contributed by atoms with Crippen molar-refractivity contribution in [2.24, 2.45) is 0 Å². The van der Waals surface area contributed by atoms with Crippen molar-refractivity contribution in [1.29, 1.82) is 0 Å². The Morgan fingerprint density at radius 3 is 2.45 bits per heavy atom. The number of carbonyl (C=O) groups is 3. The second-order valence-electron chi connectivity index (χ2n) is 11.2. The van der Waals surface area contributed by atoms with Crippen molar-refractivity contribution < 1.29 is 28.6 Å². The number of rotatable bonds is 12. The SMILES string of the molecule is COC(=O)Nc1ccc(-c2nc([C@H](CC(=O)N3CC(Oc4ccc(OC)cc4)C3)NC(=O)/C=C/c3cc(Cl)ccc3-n3cnnn3)[nH]c2Cl)cc1. The summed E-state index contributed by atoms with van der Waals surface area (Å²) in [5.74, 6) is 0.921. The molecule has 262 valence electrons. The van der Waals surface area contributed by atoms with Crippen molar-refractivity contribution in [2.75, 3.05) is 32.6 Å². The van der Waals surface area contributed by atoms with Crippen LogP contribution in [0.1, 0.15) is 23.9 Å². The van der Waals surface area contributed by atoms with Crippen LogP contribution in [-0.2, 0) is 14.3 Å². The molecule has 1 aliphatic rings. The number of H-pyrrole nitrogens is 1. The summed E-state index contributed by atoms with van der Waals surface area (Å²) in [7, 11) is 2.86. The molecule has 0 saturated carbocycles. The zero-order chi connectivity index (χ0) is 35.9. The fourth-order valence-corrected chi connectivity index (χ4v) is 5.64. The van der Waals surface area contributed by atoms with E-state index in [0.29, 0.717) is 57.8 Å². The van der Waals surface area contributed by atoms with Gasteiger partial charge in [-0.1, -0.05) is 35.3 Å². The lowest BCUT2D eigenvalue weighted by molar-refractivity contribution is -0.140. The maximum atomic E-state index is 13.5. The first-order valence-corrected chi connectivity index (χ1v) is 16.3. The maximum absolute atomic E-state index is 13.5. The van der Waals surface area contributed by atoms with Gasteiger partial charge in [-0.05, 0) is 71.1 Å². The summed E-state index contributed by atoms with van der Waals surface area (Å²) in [5.41, 5.74) is 2.70. The number of anilines is 1. The summed E-state index contributed by atoms with van der Waals surface area (Å²) in [5, 5.41) is 17.4. The lowest BCUT2D eigenvalue weighted by atomic mass is 10.1. The number of methoxy groups -OCH3 is 2. The molecule has 15 nitrogen and oxygen atoms in total. The second kappa shape index (κ2) is 15.7. The summed E-state index contributed by atoms with van der Waals surface area (Å²) in [6.45, 7) is 0.743. The predicted octanol–water partition coefficient (Wildman–Crippen LogP) is 5.10. The minimum absolute atomic E-state index is 0.118. The molecular formula is C34H31Cl2N9O6. The smallest absolute Gasteiger partial charge is 0.411 e. The van der Waals surface area contributed by atoms with Gasteiger partial charge in [-0.15, -0.1) is 5.10 Å². The second-order valence-corrected chi connectivity index (χ2v) is 12.1. The van der Waals surface area contributed by atoms with Gasteiger partial charge in [0, 0.05) is 27.9 Å². The van der Waals surface area contributed by atoms with E-state index in [1.165, 1.54) is 24.2 Å². The summed E-state index contributed by atoms with van der Waals surface area (Å²) in [6.07, 6.45) is 3.39. The number of hydrogen-bond donors (Lipinski definition) is 3. The van der Waals surface area contributed by atoms with Crippen molar-refractivity contribution in [3.63, 3.8) is 0 Å². The summed E-state index contributed by atoms with van der Waals surface area (Å²) >= 11 is 12.8. The van der Waals surface area contributed by atoms with E-state index in [1.807, 2.05) is 0 Å². The number of nitrogens with one attached hydrogen (secondary N) is 3. The molecule has 1 aliphatic heterocycles. The molecule has 3 N–H and O–H groups in total. The highest BCUT2D eigenvalue weighted by Gasteiger charge is 2.34. The molecule has 6 rings (SSSR count). The number of aromatic nitrogens is 6. The van der Waals surface area contributed by atoms with Crippen LogP contribution in [0, 0.1) is 0 Å². The van der Waals surface area contributed by atoms with Crippen LogP contribution >= 0.6 is 23.2 Å². The lowest BCUT2D eigenvalue weighted by Crippen LogP contribution is -2.56. The van der Waals surface area contributed by atoms with E-state index >= 15 is 0 Å². The topological polar surface area (TPSA) is 178 Å². The third-order valence-corrected chi connectivity index (χ3v) is 8.36. The van der Waals surface area contributed by atoms with Crippen LogP contribution in [0.15, 0.2) is 79.1 Å². The van der Waals surface area contributed by atoms with E-state index in [1.54, 1.807) is 84.8 Å². The number of hydrogen-bond acceptors (Lipinski definition) is 10. The Labute approximate surface area is 301 Å². The molecule has 1 fully saturated rings. The van der Waals surface area contributed by atoms with Crippen molar-refractivity contribution in [3.05, 3.63) is 101 Å². The first-order chi connectivity index (χ1) is 24.7. The molecule has 51 heavy (non-hydrogen) atoms. The van der Waals surface area contributed by atoms with Crippen LogP contribution in [0.4, 0.5) is 10.5 Å². The molecular weight excluding hydrogens is 701 g/mol. The number of aromatic amines is 1. The van der Waals surface area contributed by atoms with Gasteiger partial charge in [0.25, 0.3) is 0 Å². The van der Waals surface area contributed by atoms with Crippen LogP contribution in [-0.4, -0.2) is 86.4 Å². The molecule has 1 atom stereocenters. The van der Waals surface area contributed by atoms with Gasteiger partial charge in [0.15, 0.2) is 0 Å². The van der Waals surface area contributed by atoms with Crippen molar-refractivity contribution in [1.82, 2.24) is 40.4 Å². The summed E-state index contributed by atoms with van der Waals surface area (Å²) in [4.78, 5) is 47.8. The number of nitrogens with zero attached hydrogens (tertiary/aromatic N) is 6. The van der Waals surface area contributed by atoms with E-state index in [4.69, 9.17) is 32.7 Å². The van der Waals surface area contributed by atoms with Crippen LogP contribution in [0.2, 0.25) is 10.2 Å². The molecule has 0 unspecified atom stereocenters. The number of amides is 3. The van der Waals surface area contributed by atoms with Crippen molar-refractivity contribution >= 4 is 52.9 Å². The quantitative estimate of drug-likeness (QED) is 0.146. The van der Waals surface area contributed by atoms with E-state index in [2.05, 4.69) is 40.9 Å². The fourth-order valence-electron chi connectivity index (χ4n) is 5.21. The number of carbonyl (C=O) groups excluding carboxylic acids is 3. The molecule has 0 aliphatic carbocycles. The minimum atomic E-state index is -0.888. The van der Waals surface area contributed by atoms with Crippen molar-refractivity contribution in [3.8, 4) is 28.4 Å². The van der Waals surface area contributed by atoms with E-state index < -0.39 is 18.0 Å². The standard InChI is InChI=1S/C34H31Cl2N9O6/c1-49-24-9-11-25(12-10-24)51-26-17-44(18-26)30(47)16-27(33-40-31(32(36)41-33)20-3-7-23(8-4-20)38-34(48)50-2)39-29(46)14-5-21-15-22(35)6-13-28(21)45-19-37-42-43-45/h3-15,19,26-27H,16-18H2,1-2H3,(H,38,48)(H,39,46)(H,40,41)/b14-5+/t27-/m0/s1. The van der Waals surface area contributed by atoms with Gasteiger partial charge in [0.1, 0.15) is 40.6 Å². The normalized spacial score (nSPS) is 13.4. The number of likely N-dealkylation sites (tertiary alicyclic amines) is 1. The Kier molecular flexibility index (Phi) is 10.8. The largest absolute Gasteiger partial charge is 0.497 e. The summed E-state index contributed by atoms with van der Waals surface area (Å²) < 4.78 is 17.3. The Bertz CT molecular complexity index is 2030. The van der Waals surface area contributed by atoms with Gasteiger partial charge in [0.2, 0.25) is 11.8 Å². The van der Waals surface area contributed by atoms with Gasteiger partial charge in [-0.2, -0.15) is 4.68 Å². The molecule has 0 bridgehead atoms. The number of halogens is 2. The van der Waals surface area contributed by atoms with Crippen molar-refractivity contribution in [2.45, 2.75) is 18.6 Å².